The Balaban J connectivity index is 2.02. The van der Waals surface area contributed by atoms with Crippen LogP contribution in [0.5, 0.6) is 0 Å². The van der Waals surface area contributed by atoms with Gasteiger partial charge in [0.25, 0.3) is 0 Å². The predicted octanol–water partition coefficient (Wildman–Crippen LogP) is 1.81. The van der Waals surface area contributed by atoms with E-state index in [0.717, 1.165) is 30.8 Å². The van der Waals surface area contributed by atoms with Crippen LogP contribution < -0.4 is 5.32 Å². The molecule has 0 saturated carbocycles. The lowest BCUT2D eigenvalue weighted by molar-refractivity contribution is 0.512. The maximum absolute atomic E-state index is 12.9. The molecule has 5 heteroatoms. The van der Waals surface area contributed by atoms with Crippen LogP contribution in [-0.4, -0.2) is 27.9 Å². The average molecular weight is 262 g/mol. The van der Waals surface area contributed by atoms with E-state index >= 15 is 0 Å². The minimum absolute atomic E-state index is 0.199. The zero-order valence-corrected chi connectivity index (χ0v) is 11.3. The van der Waals surface area contributed by atoms with Crippen LogP contribution in [0.1, 0.15) is 18.3 Å². The third kappa shape index (κ3) is 3.61. The summed E-state index contributed by atoms with van der Waals surface area (Å²) in [7, 11) is 1.93. The lowest BCUT2D eigenvalue weighted by Gasteiger charge is -2.16. The molecule has 0 aliphatic rings. The summed E-state index contributed by atoms with van der Waals surface area (Å²) >= 11 is 0. The first kappa shape index (κ1) is 13.7. The average Bonchev–Trinajstić information content (AvgIpc) is 2.87. The minimum Gasteiger partial charge on any atom is -0.316 e. The molecule has 1 atom stereocenters. The lowest BCUT2D eigenvalue weighted by atomic mass is 10.0. The van der Waals surface area contributed by atoms with E-state index in [1.807, 2.05) is 30.8 Å². The first-order chi connectivity index (χ1) is 9.22. The molecule has 0 aliphatic carbocycles. The first-order valence-corrected chi connectivity index (χ1v) is 6.51. The van der Waals surface area contributed by atoms with Gasteiger partial charge in [-0.15, -0.1) is 0 Å². The van der Waals surface area contributed by atoms with Gasteiger partial charge in [-0.25, -0.2) is 9.37 Å². The number of hydrogen-bond donors (Lipinski definition) is 1. The van der Waals surface area contributed by atoms with Crippen molar-refractivity contribution in [2.24, 2.45) is 0 Å². The van der Waals surface area contributed by atoms with E-state index in [1.165, 1.54) is 12.1 Å². The number of rotatable bonds is 6. The van der Waals surface area contributed by atoms with Gasteiger partial charge in [0.15, 0.2) is 0 Å². The molecule has 0 amide bonds. The summed E-state index contributed by atoms with van der Waals surface area (Å²) in [4.78, 5) is 4.28. The Morgan fingerprint density at radius 2 is 2.00 bits per heavy atom. The summed E-state index contributed by atoms with van der Waals surface area (Å²) in [6.45, 7) is 2.87. The normalized spacial score (nSPS) is 12.6. The fourth-order valence-corrected chi connectivity index (χ4v) is 2.11. The van der Waals surface area contributed by atoms with Crippen molar-refractivity contribution in [3.05, 3.63) is 47.8 Å². The minimum atomic E-state index is -0.199. The standard InChI is InChI=1S/C14H19FN4/c1-3-19-14(17-10-18-19)9-13(16-2)8-11-4-6-12(15)7-5-11/h4-7,10,13,16H,3,8-9H2,1-2H3. The highest BCUT2D eigenvalue weighted by Crippen LogP contribution is 2.09. The predicted molar refractivity (Wildman–Crippen MR) is 72.4 cm³/mol. The topological polar surface area (TPSA) is 42.7 Å². The number of hydrogen-bond acceptors (Lipinski definition) is 3. The van der Waals surface area contributed by atoms with E-state index in [1.54, 1.807) is 6.33 Å². The molecule has 1 unspecified atom stereocenters. The second kappa shape index (κ2) is 6.43. The number of benzene rings is 1. The second-order valence-corrected chi connectivity index (χ2v) is 4.51. The molecule has 4 nitrogen and oxygen atoms in total. The maximum atomic E-state index is 12.9. The summed E-state index contributed by atoms with van der Waals surface area (Å²) in [6, 6.07) is 6.90. The molecular formula is C14H19FN4. The molecule has 2 aromatic rings. The SMILES string of the molecule is CCn1ncnc1CC(Cc1ccc(F)cc1)NC. The molecule has 2 rings (SSSR count). The van der Waals surface area contributed by atoms with E-state index in [0.29, 0.717) is 0 Å². The molecule has 1 aromatic heterocycles. The van der Waals surface area contributed by atoms with Crippen LogP contribution in [0, 0.1) is 5.82 Å². The van der Waals surface area contributed by atoms with Gasteiger partial charge in [0, 0.05) is 19.0 Å². The van der Waals surface area contributed by atoms with Crippen LogP contribution in [-0.2, 0) is 19.4 Å². The van der Waals surface area contributed by atoms with Crippen LogP contribution in [0.2, 0.25) is 0 Å². The van der Waals surface area contributed by atoms with Gasteiger partial charge in [0.05, 0.1) is 0 Å². The highest BCUT2D eigenvalue weighted by Gasteiger charge is 2.12. The zero-order valence-electron chi connectivity index (χ0n) is 11.3. The van der Waals surface area contributed by atoms with Crippen molar-refractivity contribution in [3.63, 3.8) is 0 Å². The molecule has 0 aliphatic heterocycles. The van der Waals surface area contributed by atoms with Crippen molar-refractivity contribution in [1.82, 2.24) is 20.1 Å². The fourth-order valence-electron chi connectivity index (χ4n) is 2.11. The number of halogens is 1. The van der Waals surface area contributed by atoms with Crippen molar-refractivity contribution in [3.8, 4) is 0 Å². The third-order valence-corrected chi connectivity index (χ3v) is 3.23. The Kier molecular flexibility index (Phi) is 4.63. The smallest absolute Gasteiger partial charge is 0.138 e. The van der Waals surface area contributed by atoms with Crippen LogP contribution in [0.3, 0.4) is 0 Å². The maximum Gasteiger partial charge on any atom is 0.138 e. The number of aromatic nitrogens is 3. The third-order valence-electron chi connectivity index (χ3n) is 3.23. The summed E-state index contributed by atoms with van der Waals surface area (Å²) in [5.74, 6) is 0.777. The highest BCUT2D eigenvalue weighted by molar-refractivity contribution is 5.17. The zero-order chi connectivity index (χ0) is 13.7. The van der Waals surface area contributed by atoms with Gasteiger partial charge in [-0.05, 0) is 38.1 Å². The summed E-state index contributed by atoms with van der Waals surface area (Å²) in [5, 5.41) is 7.45. The molecule has 19 heavy (non-hydrogen) atoms. The van der Waals surface area contributed by atoms with Crippen LogP contribution in [0.4, 0.5) is 4.39 Å². The Morgan fingerprint density at radius 3 is 2.63 bits per heavy atom. The van der Waals surface area contributed by atoms with Gasteiger partial charge in [0.1, 0.15) is 18.0 Å². The quantitative estimate of drug-likeness (QED) is 0.863. The number of aryl methyl sites for hydroxylation is 1. The number of nitrogens with one attached hydrogen (secondary N) is 1. The molecule has 102 valence electrons. The van der Waals surface area contributed by atoms with Crippen LogP contribution in [0.15, 0.2) is 30.6 Å². The molecule has 1 N–H and O–H groups in total. The van der Waals surface area contributed by atoms with E-state index < -0.39 is 0 Å². The van der Waals surface area contributed by atoms with Gasteiger partial charge < -0.3 is 5.32 Å². The second-order valence-electron chi connectivity index (χ2n) is 4.51. The Morgan fingerprint density at radius 1 is 1.26 bits per heavy atom. The van der Waals surface area contributed by atoms with Crippen molar-refractivity contribution in [2.45, 2.75) is 32.4 Å². The van der Waals surface area contributed by atoms with Crippen LogP contribution in [0.25, 0.3) is 0 Å². The monoisotopic (exact) mass is 262 g/mol. The van der Waals surface area contributed by atoms with Gasteiger partial charge >= 0.3 is 0 Å². The van der Waals surface area contributed by atoms with Crippen molar-refractivity contribution < 1.29 is 4.39 Å². The molecule has 0 spiro atoms. The lowest BCUT2D eigenvalue weighted by Crippen LogP contribution is -2.31. The van der Waals surface area contributed by atoms with E-state index in [9.17, 15) is 4.39 Å². The number of likely N-dealkylation sites (N-methyl/N-ethyl adjacent to an activating group) is 1. The van der Waals surface area contributed by atoms with Crippen molar-refractivity contribution in [1.29, 1.82) is 0 Å². The van der Waals surface area contributed by atoms with Crippen molar-refractivity contribution >= 4 is 0 Å². The van der Waals surface area contributed by atoms with Gasteiger partial charge in [-0.2, -0.15) is 5.10 Å². The highest BCUT2D eigenvalue weighted by atomic mass is 19.1. The first-order valence-electron chi connectivity index (χ1n) is 6.51. The molecule has 0 saturated heterocycles. The van der Waals surface area contributed by atoms with E-state index in [-0.39, 0.29) is 11.9 Å². The van der Waals surface area contributed by atoms with Crippen molar-refractivity contribution in [2.75, 3.05) is 7.05 Å². The number of nitrogens with zero attached hydrogens (tertiary/aromatic N) is 3. The van der Waals surface area contributed by atoms with Gasteiger partial charge in [-0.3, -0.25) is 4.68 Å². The Hall–Kier alpha value is -1.75. The molecule has 0 fully saturated rings. The Bertz CT molecular complexity index is 506. The van der Waals surface area contributed by atoms with E-state index in [4.69, 9.17) is 0 Å². The molecule has 0 radical (unpaired) electrons. The molecule has 1 heterocycles. The molecule has 1 aromatic carbocycles. The van der Waals surface area contributed by atoms with Gasteiger partial charge in [0.2, 0.25) is 0 Å². The van der Waals surface area contributed by atoms with Crippen LogP contribution >= 0.6 is 0 Å². The van der Waals surface area contributed by atoms with E-state index in [2.05, 4.69) is 15.4 Å². The summed E-state index contributed by atoms with van der Waals surface area (Å²) < 4.78 is 14.8. The fraction of sp³-hybridized carbons (Fsp3) is 0.429. The summed E-state index contributed by atoms with van der Waals surface area (Å²) in [6.07, 6.45) is 3.23. The summed E-state index contributed by atoms with van der Waals surface area (Å²) in [5.41, 5.74) is 1.11. The van der Waals surface area contributed by atoms with Gasteiger partial charge in [-0.1, -0.05) is 12.1 Å². The molecule has 0 bridgehead atoms. The molecular weight excluding hydrogens is 243 g/mol. The largest absolute Gasteiger partial charge is 0.316 e. The Labute approximate surface area is 112 Å².